The number of ether oxygens (including phenoxy) is 1. The van der Waals surface area contributed by atoms with Crippen molar-refractivity contribution >= 4 is 11.6 Å². The molecule has 0 aliphatic heterocycles. The van der Waals surface area contributed by atoms with E-state index in [9.17, 15) is 5.11 Å². The van der Waals surface area contributed by atoms with Crippen molar-refractivity contribution in [3.63, 3.8) is 0 Å². The third-order valence-electron chi connectivity index (χ3n) is 2.10. The molecule has 0 saturated heterocycles. The molecule has 0 unspecified atom stereocenters. The van der Waals surface area contributed by atoms with Gasteiger partial charge in [0.05, 0.1) is 29.2 Å². The molecule has 2 aromatic heterocycles. The van der Waals surface area contributed by atoms with E-state index in [0.29, 0.717) is 22.2 Å². The Hall–Kier alpha value is -1.65. The molecular weight excluding hydrogens is 240 g/mol. The average molecular weight is 251 g/mol. The van der Waals surface area contributed by atoms with Crippen LogP contribution in [0.25, 0.3) is 0 Å². The highest BCUT2D eigenvalue weighted by atomic mass is 35.5. The molecule has 0 saturated carbocycles. The summed E-state index contributed by atoms with van der Waals surface area (Å²) in [5.74, 6) is 1.11. The van der Waals surface area contributed by atoms with Gasteiger partial charge in [-0.2, -0.15) is 0 Å². The minimum Gasteiger partial charge on any atom is -0.454 e. The average Bonchev–Trinajstić information content (AvgIpc) is 2.29. The van der Waals surface area contributed by atoms with Crippen LogP contribution in [0, 0.1) is 0 Å². The zero-order chi connectivity index (χ0) is 12.3. The number of aliphatic hydroxyl groups is 1. The smallest absolute Gasteiger partial charge is 0.147 e. The number of rotatable bonds is 3. The molecule has 1 atom stereocenters. The maximum Gasteiger partial charge on any atom is 0.147 e. The summed E-state index contributed by atoms with van der Waals surface area (Å²) in [6.07, 6.45) is 4.05. The van der Waals surface area contributed by atoms with Gasteiger partial charge in [0.2, 0.25) is 0 Å². The molecule has 0 fully saturated rings. The van der Waals surface area contributed by atoms with Crippen LogP contribution in [-0.2, 0) is 0 Å². The van der Waals surface area contributed by atoms with Gasteiger partial charge in [0.1, 0.15) is 11.5 Å². The molecule has 0 aromatic carbocycles. The fraction of sp³-hybridized carbons (Fsp3) is 0.167. The molecule has 4 nitrogen and oxygen atoms in total. The SMILES string of the molecule is C[C@H](O)c1ccc(Oc2cncc(Cl)c2)cn1. The standard InChI is InChI=1S/C12H11ClN2O2/c1-8(16)12-3-2-10(7-15-12)17-11-4-9(13)5-14-6-11/h2-8,16H,1H3/t8-/m0/s1. The molecule has 0 amide bonds. The highest BCUT2D eigenvalue weighted by molar-refractivity contribution is 6.30. The topological polar surface area (TPSA) is 55.2 Å². The van der Waals surface area contributed by atoms with Crippen LogP contribution >= 0.6 is 11.6 Å². The first-order valence-corrected chi connectivity index (χ1v) is 5.45. The van der Waals surface area contributed by atoms with Crippen molar-refractivity contribution < 1.29 is 9.84 Å². The molecule has 0 radical (unpaired) electrons. The van der Waals surface area contributed by atoms with E-state index in [2.05, 4.69) is 9.97 Å². The molecule has 1 N–H and O–H groups in total. The van der Waals surface area contributed by atoms with E-state index in [1.807, 2.05) is 0 Å². The lowest BCUT2D eigenvalue weighted by atomic mass is 10.2. The Morgan fingerprint density at radius 1 is 1.24 bits per heavy atom. The second-order valence-corrected chi connectivity index (χ2v) is 3.97. The van der Waals surface area contributed by atoms with Gasteiger partial charge in [-0.15, -0.1) is 0 Å². The van der Waals surface area contributed by atoms with Crippen LogP contribution in [0.15, 0.2) is 36.8 Å². The van der Waals surface area contributed by atoms with Crippen LogP contribution in [0.1, 0.15) is 18.7 Å². The second kappa shape index (κ2) is 5.12. The van der Waals surface area contributed by atoms with Crippen molar-refractivity contribution in [3.05, 3.63) is 47.5 Å². The molecular formula is C12H11ClN2O2. The molecule has 17 heavy (non-hydrogen) atoms. The van der Waals surface area contributed by atoms with Gasteiger partial charge in [-0.25, -0.2) is 0 Å². The minimum absolute atomic E-state index is 0.510. The third-order valence-corrected chi connectivity index (χ3v) is 2.31. The highest BCUT2D eigenvalue weighted by Gasteiger charge is 2.03. The number of aliphatic hydroxyl groups excluding tert-OH is 1. The Balaban J connectivity index is 2.14. The molecule has 0 aliphatic rings. The van der Waals surface area contributed by atoms with Crippen LogP contribution in [0.3, 0.4) is 0 Å². The van der Waals surface area contributed by atoms with Crippen molar-refractivity contribution in [1.29, 1.82) is 0 Å². The zero-order valence-electron chi connectivity index (χ0n) is 9.17. The number of aromatic nitrogens is 2. The van der Waals surface area contributed by atoms with E-state index >= 15 is 0 Å². The Morgan fingerprint density at radius 2 is 2.06 bits per heavy atom. The van der Waals surface area contributed by atoms with Crippen molar-refractivity contribution in [2.75, 3.05) is 0 Å². The van der Waals surface area contributed by atoms with Gasteiger partial charge in [-0.05, 0) is 19.1 Å². The normalized spacial score (nSPS) is 12.2. The van der Waals surface area contributed by atoms with Gasteiger partial charge in [-0.1, -0.05) is 11.6 Å². The Kier molecular flexibility index (Phi) is 3.56. The fourth-order valence-corrected chi connectivity index (χ4v) is 1.45. The lowest BCUT2D eigenvalue weighted by Gasteiger charge is -2.07. The molecule has 88 valence electrons. The van der Waals surface area contributed by atoms with E-state index in [0.717, 1.165) is 0 Å². The number of pyridine rings is 2. The monoisotopic (exact) mass is 250 g/mol. The number of hydrogen-bond acceptors (Lipinski definition) is 4. The second-order valence-electron chi connectivity index (χ2n) is 3.54. The predicted octanol–water partition coefficient (Wildman–Crippen LogP) is 2.98. The summed E-state index contributed by atoms with van der Waals surface area (Å²) in [5, 5.41) is 9.82. The van der Waals surface area contributed by atoms with Crippen LogP contribution in [0.5, 0.6) is 11.5 Å². The molecule has 0 bridgehead atoms. The largest absolute Gasteiger partial charge is 0.454 e. The van der Waals surface area contributed by atoms with E-state index in [-0.39, 0.29) is 0 Å². The molecule has 2 rings (SSSR count). The molecule has 2 aromatic rings. The van der Waals surface area contributed by atoms with E-state index in [1.54, 1.807) is 37.5 Å². The van der Waals surface area contributed by atoms with Gasteiger partial charge < -0.3 is 9.84 Å². The fourth-order valence-electron chi connectivity index (χ4n) is 1.28. The summed E-state index contributed by atoms with van der Waals surface area (Å²) in [6.45, 7) is 1.66. The van der Waals surface area contributed by atoms with Crippen LogP contribution in [0.2, 0.25) is 5.02 Å². The molecule has 2 heterocycles. The zero-order valence-corrected chi connectivity index (χ0v) is 9.93. The maximum atomic E-state index is 9.31. The molecule has 5 heteroatoms. The summed E-state index contributed by atoms with van der Waals surface area (Å²) >= 11 is 5.79. The van der Waals surface area contributed by atoms with Gasteiger partial charge in [0.15, 0.2) is 0 Å². The summed E-state index contributed by atoms with van der Waals surface area (Å²) in [6, 6.07) is 5.10. The van der Waals surface area contributed by atoms with Gasteiger partial charge in [0, 0.05) is 12.3 Å². The maximum absolute atomic E-state index is 9.31. The summed E-state index contributed by atoms with van der Waals surface area (Å²) < 4.78 is 5.50. The molecule has 0 spiro atoms. The van der Waals surface area contributed by atoms with Crippen molar-refractivity contribution in [1.82, 2.24) is 9.97 Å². The van der Waals surface area contributed by atoms with Crippen molar-refractivity contribution in [3.8, 4) is 11.5 Å². The van der Waals surface area contributed by atoms with Crippen LogP contribution < -0.4 is 4.74 Å². The first-order valence-electron chi connectivity index (χ1n) is 5.07. The van der Waals surface area contributed by atoms with Crippen molar-refractivity contribution in [2.24, 2.45) is 0 Å². The molecule has 0 aliphatic carbocycles. The van der Waals surface area contributed by atoms with E-state index in [1.165, 1.54) is 6.20 Å². The van der Waals surface area contributed by atoms with E-state index < -0.39 is 6.10 Å². The Morgan fingerprint density at radius 3 is 2.65 bits per heavy atom. The first-order chi connectivity index (χ1) is 8.15. The third kappa shape index (κ3) is 3.15. The number of halogens is 1. The van der Waals surface area contributed by atoms with E-state index in [4.69, 9.17) is 16.3 Å². The summed E-state index contributed by atoms with van der Waals surface area (Å²) in [7, 11) is 0. The lowest BCUT2D eigenvalue weighted by molar-refractivity contribution is 0.194. The van der Waals surface area contributed by atoms with Gasteiger partial charge >= 0.3 is 0 Å². The van der Waals surface area contributed by atoms with Crippen LogP contribution in [0.4, 0.5) is 0 Å². The first kappa shape index (κ1) is 11.8. The summed E-state index contributed by atoms with van der Waals surface area (Å²) in [5.41, 5.74) is 0.599. The number of hydrogen-bond donors (Lipinski definition) is 1. The van der Waals surface area contributed by atoms with Gasteiger partial charge in [-0.3, -0.25) is 9.97 Å². The van der Waals surface area contributed by atoms with Crippen molar-refractivity contribution in [2.45, 2.75) is 13.0 Å². The predicted molar refractivity (Wildman–Crippen MR) is 64.2 cm³/mol. The highest BCUT2D eigenvalue weighted by Crippen LogP contribution is 2.23. The summed E-state index contributed by atoms with van der Waals surface area (Å²) in [4.78, 5) is 7.98. The van der Waals surface area contributed by atoms with Gasteiger partial charge in [0.25, 0.3) is 0 Å². The quantitative estimate of drug-likeness (QED) is 0.910. The Bertz CT molecular complexity index is 500. The van der Waals surface area contributed by atoms with Crippen LogP contribution in [-0.4, -0.2) is 15.1 Å². The Labute approximate surface area is 104 Å². The minimum atomic E-state index is -0.586. The number of nitrogens with zero attached hydrogens (tertiary/aromatic N) is 2. The lowest BCUT2D eigenvalue weighted by Crippen LogP contribution is -1.95.